The first-order valence-corrected chi connectivity index (χ1v) is 8.16. The predicted octanol–water partition coefficient (Wildman–Crippen LogP) is 5.23. The second-order valence-electron chi connectivity index (χ2n) is 6.01. The SMILES string of the molecule is Cc1ccc(C)c(F)n1.Cc1ccc(C)nc1.Cc1ccc(C)nc1. The van der Waals surface area contributed by atoms with Gasteiger partial charge in [0.05, 0.1) is 0 Å². The van der Waals surface area contributed by atoms with Gasteiger partial charge in [0.1, 0.15) is 0 Å². The molecule has 0 N–H and O–H groups in total. The third kappa shape index (κ3) is 8.70. The molecule has 3 aromatic heterocycles. The van der Waals surface area contributed by atoms with E-state index in [-0.39, 0.29) is 5.95 Å². The van der Waals surface area contributed by atoms with E-state index in [0.717, 1.165) is 17.1 Å². The Balaban J connectivity index is 0.000000188. The maximum Gasteiger partial charge on any atom is 0.215 e. The second-order valence-corrected chi connectivity index (χ2v) is 6.01. The van der Waals surface area contributed by atoms with Crippen LogP contribution in [0.15, 0.2) is 48.8 Å². The van der Waals surface area contributed by atoms with Crippen molar-refractivity contribution < 1.29 is 4.39 Å². The summed E-state index contributed by atoms with van der Waals surface area (Å²) in [5, 5.41) is 0. The molecule has 3 heterocycles. The molecule has 0 bridgehead atoms. The lowest BCUT2D eigenvalue weighted by atomic mass is 10.3. The van der Waals surface area contributed by atoms with Crippen LogP contribution in [0.25, 0.3) is 0 Å². The molecule has 0 aliphatic carbocycles. The largest absolute Gasteiger partial charge is 0.261 e. The third-order valence-corrected chi connectivity index (χ3v) is 3.29. The highest BCUT2D eigenvalue weighted by Gasteiger charge is 1.95. The fraction of sp³-hybridized carbons (Fsp3) is 0.286. The molecular formula is C21H26FN3. The Bertz CT molecular complexity index is 681. The maximum atomic E-state index is 12.5. The van der Waals surface area contributed by atoms with Gasteiger partial charge in [0.2, 0.25) is 5.95 Å². The van der Waals surface area contributed by atoms with Gasteiger partial charge in [-0.05, 0) is 70.9 Å². The Morgan fingerprint density at radius 2 is 1.04 bits per heavy atom. The summed E-state index contributed by atoms with van der Waals surface area (Å²) in [5.41, 5.74) is 5.91. The fourth-order valence-electron chi connectivity index (χ4n) is 1.68. The third-order valence-electron chi connectivity index (χ3n) is 3.29. The van der Waals surface area contributed by atoms with E-state index in [2.05, 4.69) is 27.1 Å². The number of pyridine rings is 3. The molecule has 3 rings (SSSR count). The van der Waals surface area contributed by atoms with Gasteiger partial charge >= 0.3 is 0 Å². The molecule has 3 nitrogen and oxygen atoms in total. The zero-order chi connectivity index (χ0) is 18.8. The minimum Gasteiger partial charge on any atom is -0.261 e. The molecule has 3 aromatic rings. The Labute approximate surface area is 150 Å². The molecule has 0 aliphatic rings. The molecular weight excluding hydrogens is 313 g/mol. The van der Waals surface area contributed by atoms with E-state index >= 15 is 0 Å². The molecule has 0 aromatic carbocycles. The summed E-state index contributed by atoms with van der Waals surface area (Å²) in [6.07, 6.45) is 3.74. The van der Waals surface area contributed by atoms with Crippen molar-refractivity contribution in [3.05, 3.63) is 88.5 Å². The number of halogens is 1. The number of aryl methyl sites for hydroxylation is 6. The standard InChI is InChI=1S/C7H8FN.2C7H9N/c1-5-3-4-6(2)9-7(5)8;2*1-6-3-4-7(2)8-5-6/h3-4H,1-2H3;2*3-5H,1-2H3. The van der Waals surface area contributed by atoms with Gasteiger partial charge in [-0.15, -0.1) is 0 Å². The first kappa shape index (κ1) is 20.4. The molecule has 0 atom stereocenters. The molecule has 4 heteroatoms. The highest BCUT2D eigenvalue weighted by molar-refractivity contribution is 5.13. The second kappa shape index (κ2) is 10.3. The van der Waals surface area contributed by atoms with E-state index in [1.54, 1.807) is 26.0 Å². The summed E-state index contributed by atoms with van der Waals surface area (Å²) in [7, 11) is 0. The number of aromatic nitrogens is 3. The maximum absolute atomic E-state index is 12.5. The van der Waals surface area contributed by atoms with Gasteiger partial charge in [0.15, 0.2) is 0 Å². The first-order chi connectivity index (χ1) is 11.8. The van der Waals surface area contributed by atoms with E-state index in [4.69, 9.17) is 0 Å². The minimum absolute atomic E-state index is 0.366. The molecule has 0 amide bonds. The van der Waals surface area contributed by atoms with Crippen molar-refractivity contribution in [1.82, 2.24) is 15.0 Å². The summed E-state index contributed by atoms with van der Waals surface area (Å²) < 4.78 is 12.5. The summed E-state index contributed by atoms with van der Waals surface area (Å²) in [6, 6.07) is 11.6. The van der Waals surface area contributed by atoms with Crippen LogP contribution in [0, 0.1) is 47.5 Å². The van der Waals surface area contributed by atoms with Crippen LogP contribution in [-0.2, 0) is 0 Å². The lowest BCUT2D eigenvalue weighted by molar-refractivity contribution is 0.571. The molecule has 0 unspecified atom stereocenters. The van der Waals surface area contributed by atoms with Gasteiger partial charge in [-0.1, -0.05) is 18.2 Å². The molecule has 0 spiro atoms. The molecule has 25 heavy (non-hydrogen) atoms. The highest BCUT2D eigenvalue weighted by Crippen LogP contribution is 2.02. The van der Waals surface area contributed by atoms with Crippen molar-refractivity contribution in [1.29, 1.82) is 0 Å². The van der Waals surface area contributed by atoms with E-state index in [9.17, 15) is 4.39 Å². The van der Waals surface area contributed by atoms with Gasteiger partial charge < -0.3 is 0 Å². The predicted molar refractivity (Wildman–Crippen MR) is 101 cm³/mol. The molecule has 0 fully saturated rings. The van der Waals surface area contributed by atoms with Gasteiger partial charge in [-0.25, -0.2) is 4.98 Å². The normalized spacial score (nSPS) is 9.40. The van der Waals surface area contributed by atoms with Crippen LogP contribution < -0.4 is 0 Å². The lowest BCUT2D eigenvalue weighted by Gasteiger charge is -1.93. The van der Waals surface area contributed by atoms with Crippen LogP contribution in [0.4, 0.5) is 4.39 Å². The monoisotopic (exact) mass is 339 g/mol. The summed E-state index contributed by atoms with van der Waals surface area (Å²) in [5.74, 6) is -0.366. The molecule has 0 saturated carbocycles. The molecule has 0 saturated heterocycles. The van der Waals surface area contributed by atoms with Crippen LogP contribution in [0.1, 0.15) is 33.8 Å². The van der Waals surface area contributed by atoms with Gasteiger partial charge in [-0.3, -0.25) is 9.97 Å². The Kier molecular flexibility index (Phi) is 8.40. The zero-order valence-corrected chi connectivity index (χ0v) is 15.8. The molecule has 0 radical (unpaired) electrons. The van der Waals surface area contributed by atoms with Crippen LogP contribution in [-0.4, -0.2) is 15.0 Å². The lowest BCUT2D eigenvalue weighted by Crippen LogP contribution is -1.88. The molecule has 0 aliphatic heterocycles. The van der Waals surface area contributed by atoms with Crippen molar-refractivity contribution in [2.24, 2.45) is 0 Å². The van der Waals surface area contributed by atoms with E-state index in [0.29, 0.717) is 5.56 Å². The van der Waals surface area contributed by atoms with Crippen molar-refractivity contribution in [3.63, 3.8) is 0 Å². The number of nitrogens with zero attached hydrogens (tertiary/aromatic N) is 3. The average molecular weight is 339 g/mol. The van der Waals surface area contributed by atoms with Crippen molar-refractivity contribution in [2.75, 3.05) is 0 Å². The first-order valence-electron chi connectivity index (χ1n) is 8.16. The Morgan fingerprint density at radius 1 is 0.600 bits per heavy atom. The van der Waals surface area contributed by atoms with E-state index in [1.807, 2.05) is 52.2 Å². The topological polar surface area (TPSA) is 38.7 Å². The Morgan fingerprint density at radius 3 is 1.32 bits per heavy atom. The van der Waals surface area contributed by atoms with Crippen LogP contribution >= 0.6 is 0 Å². The fourth-order valence-corrected chi connectivity index (χ4v) is 1.68. The number of rotatable bonds is 0. The van der Waals surface area contributed by atoms with Crippen molar-refractivity contribution in [3.8, 4) is 0 Å². The van der Waals surface area contributed by atoms with Crippen molar-refractivity contribution >= 4 is 0 Å². The van der Waals surface area contributed by atoms with E-state index in [1.165, 1.54) is 11.1 Å². The van der Waals surface area contributed by atoms with Crippen LogP contribution in [0.5, 0.6) is 0 Å². The smallest absolute Gasteiger partial charge is 0.215 e. The summed E-state index contributed by atoms with van der Waals surface area (Å²) in [6.45, 7) is 11.5. The van der Waals surface area contributed by atoms with E-state index < -0.39 is 0 Å². The zero-order valence-electron chi connectivity index (χ0n) is 15.8. The number of hydrogen-bond donors (Lipinski definition) is 0. The van der Waals surface area contributed by atoms with Gasteiger partial charge in [0, 0.05) is 35.0 Å². The minimum atomic E-state index is -0.366. The van der Waals surface area contributed by atoms with Crippen molar-refractivity contribution in [2.45, 2.75) is 41.5 Å². The number of hydrogen-bond acceptors (Lipinski definition) is 3. The van der Waals surface area contributed by atoms with Crippen LogP contribution in [0.3, 0.4) is 0 Å². The molecule has 132 valence electrons. The summed E-state index contributed by atoms with van der Waals surface area (Å²) in [4.78, 5) is 11.8. The van der Waals surface area contributed by atoms with Crippen LogP contribution in [0.2, 0.25) is 0 Å². The highest BCUT2D eigenvalue weighted by atomic mass is 19.1. The van der Waals surface area contributed by atoms with Gasteiger partial charge in [-0.2, -0.15) is 4.39 Å². The Hall–Kier alpha value is -2.62. The summed E-state index contributed by atoms with van der Waals surface area (Å²) >= 11 is 0. The quantitative estimate of drug-likeness (QED) is 0.526. The average Bonchev–Trinajstić information content (AvgIpc) is 2.58. The van der Waals surface area contributed by atoms with Gasteiger partial charge in [0.25, 0.3) is 0 Å².